The van der Waals surface area contributed by atoms with Crippen molar-refractivity contribution in [2.45, 2.75) is 32.0 Å². The lowest BCUT2D eigenvalue weighted by Gasteiger charge is -2.16. The van der Waals surface area contributed by atoms with Crippen molar-refractivity contribution in [2.75, 3.05) is 0 Å². The summed E-state index contributed by atoms with van der Waals surface area (Å²) in [5.41, 5.74) is 5.81. The van der Waals surface area contributed by atoms with Gasteiger partial charge in [-0.25, -0.2) is 4.39 Å². The molecule has 1 aromatic carbocycles. The molecule has 0 heterocycles. The molecular weight excluding hydrogens is 258 g/mol. The second-order valence-electron chi connectivity index (χ2n) is 3.85. The van der Waals surface area contributed by atoms with Crippen molar-refractivity contribution >= 4 is 11.6 Å². The first kappa shape index (κ1) is 14.3. The summed E-state index contributed by atoms with van der Waals surface area (Å²) in [6.45, 7) is 1.51. The quantitative estimate of drug-likeness (QED) is 0.821. The van der Waals surface area contributed by atoms with Gasteiger partial charge < -0.3 is 5.73 Å². The van der Waals surface area contributed by atoms with Crippen molar-refractivity contribution in [1.82, 2.24) is 0 Å². The molecule has 0 aliphatic carbocycles. The van der Waals surface area contributed by atoms with E-state index in [1.165, 1.54) is 19.1 Å². The predicted octanol–water partition coefficient (Wildman–Crippen LogP) is 4.13. The Labute approximate surface area is 102 Å². The summed E-state index contributed by atoms with van der Waals surface area (Å²) in [5, 5.41) is 0.0581. The topological polar surface area (TPSA) is 26.0 Å². The minimum absolute atomic E-state index is 0.0454. The molecule has 0 saturated heterocycles. The van der Waals surface area contributed by atoms with Gasteiger partial charge in [-0.1, -0.05) is 17.7 Å². The van der Waals surface area contributed by atoms with Gasteiger partial charge in [0, 0.05) is 23.0 Å². The molecule has 0 aliphatic rings. The summed E-state index contributed by atoms with van der Waals surface area (Å²) in [7, 11) is 0. The van der Waals surface area contributed by atoms with Gasteiger partial charge >= 0.3 is 6.18 Å². The molecule has 0 fully saturated rings. The highest BCUT2D eigenvalue weighted by Gasteiger charge is 2.29. The Morgan fingerprint density at radius 1 is 1.35 bits per heavy atom. The number of alkyl halides is 3. The third kappa shape index (κ3) is 3.85. The number of benzene rings is 1. The summed E-state index contributed by atoms with van der Waals surface area (Å²) in [4.78, 5) is 0. The molecule has 2 N–H and O–H groups in total. The van der Waals surface area contributed by atoms with Crippen molar-refractivity contribution in [1.29, 1.82) is 0 Å². The molecule has 0 saturated carbocycles. The van der Waals surface area contributed by atoms with Crippen LogP contribution >= 0.6 is 11.6 Å². The van der Waals surface area contributed by atoms with Crippen LogP contribution in [-0.2, 0) is 0 Å². The lowest BCUT2D eigenvalue weighted by Crippen LogP contribution is -2.17. The third-order valence-electron chi connectivity index (χ3n) is 2.43. The zero-order valence-electron chi connectivity index (χ0n) is 9.11. The molecule has 1 atom stereocenters. The van der Waals surface area contributed by atoms with Crippen molar-refractivity contribution in [2.24, 2.45) is 5.73 Å². The van der Waals surface area contributed by atoms with E-state index >= 15 is 0 Å². The second-order valence-corrected chi connectivity index (χ2v) is 4.26. The number of hydrogen-bond donors (Lipinski definition) is 1. The molecule has 96 valence electrons. The van der Waals surface area contributed by atoms with Gasteiger partial charge in [0.1, 0.15) is 5.82 Å². The maximum atomic E-state index is 13.7. The van der Waals surface area contributed by atoms with Crippen LogP contribution in [0.3, 0.4) is 0 Å². The summed E-state index contributed by atoms with van der Waals surface area (Å²) in [6, 6.07) is 1.84. The molecule has 1 rings (SSSR count). The van der Waals surface area contributed by atoms with Gasteiger partial charge in [0.05, 0.1) is 0 Å². The molecule has 6 heteroatoms. The Balaban J connectivity index is 2.89. The smallest absolute Gasteiger partial charge is 0.324 e. The van der Waals surface area contributed by atoms with Crippen LogP contribution in [0.1, 0.15) is 30.0 Å². The minimum atomic E-state index is -4.30. The largest absolute Gasteiger partial charge is 0.389 e. The van der Waals surface area contributed by atoms with Crippen molar-refractivity contribution in [3.05, 3.63) is 34.1 Å². The fourth-order valence-electron chi connectivity index (χ4n) is 1.48. The van der Waals surface area contributed by atoms with Crippen molar-refractivity contribution in [3.63, 3.8) is 0 Å². The maximum Gasteiger partial charge on any atom is 0.389 e. The SMILES string of the molecule is Cc1ccc(Cl)c([C@@H](N)CCC(F)(F)F)c1F. The molecule has 0 bridgehead atoms. The van der Waals surface area contributed by atoms with Crippen LogP contribution in [0.25, 0.3) is 0 Å². The third-order valence-corrected chi connectivity index (χ3v) is 2.76. The monoisotopic (exact) mass is 269 g/mol. The Bertz CT molecular complexity index is 403. The Morgan fingerprint density at radius 2 is 1.94 bits per heavy atom. The number of aryl methyl sites for hydroxylation is 1. The minimum Gasteiger partial charge on any atom is -0.324 e. The molecule has 1 aromatic rings. The van der Waals surface area contributed by atoms with Crippen LogP contribution in [0.2, 0.25) is 5.02 Å². The summed E-state index contributed by atoms with van der Waals surface area (Å²) in [5.74, 6) is -0.632. The van der Waals surface area contributed by atoms with Gasteiger partial charge in [0.2, 0.25) is 0 Å². The number of rotatable bonds is 3. The molecule has 17 heavy (non-hydrogen) atoms. The van der Waals surface area contributed by atoms with Crippen LogP contribution in [0.15, 0.2) is 12.1 Å². The van der Waals surface area contributed by atoms with Gasteiger partial charge in [-0.3, -0.25) is 0 Å². The number of hydrogen-bond acceptors (Lipinski definition) is 1. The highest BCUT2D eigenvalue weighted by Crippen LogP contribution is 2.32. The Kier molecular flexibility index (Phi) is 4.38. The van der Waals surface area contributed by atoms with E-state index in [1.807, 2.05) is 0 Å². The standard InChI is InChI=1S/C11H12ClF4N/c1-6-2-3-7(12)9(10(6)13)8(17)4-5-11(14,15)16/h2-3,8H,4-5,17H2,1H3/t8-/m0/s1. The maximum absolute atomic E-state index is 13.7. The normalized spacial score (nSPS) is 13.8. The first-order chi connectivity index (χ1) is 7.72. The summed E-state index contributed by atoms with van der Waals surface area (Å²) >= 11 is 5.75. The molecule has 0 spiro atoms. The lowest BCUT2D eigenvalue weighted by molar-refractivity contribution is -0.136. The first-order valence-corrected chi connectivity index (χ1v) is 5.37. The van der Waals surface area contributed by atoms with E-state index in [0.29, 0.717) is 5.56 Å². The average molecular weight is 270 g/mol. The van der Waals surface area contributed by atoms with E-state index in [1.54, 1.807) is 0 Å². The Morgan fingerprint density at radius 3 is 2.47 bits per heavy atom. The van der Waals surface area contributed by atoms with Gasteiger partial charge in [0.15, 0.2) is 0 Å². The van der Waals surface area contributed by atoms with E-state index in [0.717, 1.165) is 0 Å². The molecule has 0 radical (unpaired) electrons. The van der Waals surface area contributed by atoms with Crippen LogP contribution in [0, 0.1) is 12.7 Å². The summed E-state index contributed by atoms with van der Waals surface area (Å²) in [6.07, 6.45) is -5.74. The highest BCUT2D eigenvalue weighted by molar-refractivity contribution is 6.31. The van der Waals surface area contributed by atoms with E-state index in [9.17, 15) is 17.6 Å². The molecule has 0 unspecified atom stereocenters. The van der Waals surface area contributed by atoms with Crippen LogP contribution < -0.4 is 5.73 Å². The van der Waals surface area contributed by atoms with E-state index < -0.39 is 24.5 Å². The zero-order valence-corrected chi connectivity index (χ0v) is 9.87. The molecular formula is C11H12ClF4N. The molecule has 1 nitrogen and oxygen atoms in total. The van der Waals surface area contributed by atoms with Crippen LogP contribution in [0.4, 0.5) is 17.6 Å². The van der Waals surface area contributed by atoms with Crippen LogP contribution in [0.5, 0.6) is 0 Å². The fourth-order valence-corrected chi connectivity index (χ4v) is 1.77. The lowest BCUT2D eigenvalue weighted by atomic mass is 10.00. The molecule has 0 aromatic heterocycles. The van der Waals surface area contributed by atoms with Gasteiger partial charge in [0.25, 0.3) is 0 Å². The Hall–Kier alpha value is -0.810. The predicted molar refractivity (Wildman–Crippen MR) is 58.4 cm³/mol. The molecule has 0 amide bonds. The van der Waals surface area contributed by atoms with E-state index in [-0.39, 0.29) is 17.0 Å². The van der Waals surface area contributed by atoms with Crippen molar-refractivity contribution in [3.8, 4) is 0 Å². The fraction of sp³-hybridized carbons (Fsp3) is 0.455. The molecule has 0 aliphatic heterocycles. The second kappa shape index (κ2) is 5.23. The number of nitrogens with two attached hydrogens (primary N) is 1. The van der Waals surface area contributed by atoms with Gasteiger partial charge in [-0.15, -0.1) is 0 Å². The first-order valence-electron chi connectivity index (χ1n) is 4.99. The average Bonchev–Trinajstić information content (AvgIpc) is 2.20. The van der Waals surface area contributed by atoms with E-state index in [2.05, 4.69) is 0 Å². The van der Waals surface area contributed by atoms with E-state index in [4.69, 9.17) is 17.3 Å². The highest BCUT2D eigenvalue weighted by atomic mass is 35.5. The van der Waals surface area contributed by atoms with Gasteiger partial charge in [-0.05, 0) is 25.0 Å². The summed E-state index contributed by atoms with van der Waals surface area (Å²) < 4.78 is 49.8. The number of halogens is 5. The van der Waals surface area contributed by atoms with Gasteiger partial charge in [-0.2, -0.15) is 13.2 Å². The van der Waals surface area contributed by atoms with Crippen LogP contribution in [-0.4, -0.2) is 6.18 Å². The zero-order chi connectivity index (χ0) is 13.2. The van der Waals surface area contributed by atoms with Crippen molar-refractivity contribution < 1.29 is 17.6 Å².